The second-order valence-corrected chi connectivity index (χ2v) is 7.70. The van der Waals surface area contributed by atoms with Crippen molar-refractivity contribution in [2.75, 3.05) is 20.2 Å². The van der Waals surface area contributed by atoms with Crippen LogP contribution in [0.3, 0.4) is 0 Å². The summed E-state index contributed by atoms with van der Waals surface area (Å²) < 4.78 is 32.8. The van der Waals surface area contributed by atoms with Crippen LogP contribution < -0.4 is 4.74 Å². The second-order valence-electron chi connectivity index (χ2n) is 4.88. The molecule has 4 nitrogen and oxygen atoms in total. The summed E-state index contributed by atoms with van der Waals surface area (Å²) in [6.45, 7) is 3.32. The first-order valence-electron chi connectivity index (χ1n) is 6.29. The van der Waals surface area contributed by atoms with Crippen molar-refractivity contribution in [3.63, 3.8) is 0 Å². The van der Waals surface area contributed by atoms with Crippen LogP contribution in [-0.2, 0) is 10.0 Å². The molecule has 1 aromatic carbocycles. The lowest BCUT2D eigenvalue weighted by Crippen LogP contribution is -2.38. The largest absolute Gasteiger partial charge is 0.495 e. The minimum atomic E-state index is -3.47. The molecule has 1 aromatic rings. The predicted octanol–water partition coefficient (Wildman–Crippen LogP) is 2.88. The summed E-state index contributed by atoms with van der Waals surface area (Å²) in [4.78, 5) is 0.235. The van der Waals surface area contributed by atoms with Gasteiger partial charge >= 0.3 is 0 Å². The Morgan fingerprint density at radius 2 is 1.95 bits per heavy atom. The molecule has 1 aliphatic rings. The molecular formula is C13H18BrNO3S. The van der Waals surface area contributed by atoms with Crippen LogP contribution in [0.15, 0.2) is 27.6 Å². The molecule has 0 radical (unpaired) electrons. The highest BCUT2D eigenvalue weighted by molar-refractivity contribution is 9.10. The Morgan fingerprint density at radius 1 is 1.32 bits per heavy atom. The van der Waals surface area contributed by atoms with Crippen LogP contribution in [0.25, 0.3) is 0 Å². The third-order valence-corrected chi connectivity index (χ3v) is 5.90. The summed E-state index contributed by atoms with van der Waals surface area (Å²) in [5.41, 5.74) is 0. The van der Waals surface area contributed by atoms with E-state index in [1.54, 1.807) is 22.5 Å². The van der Waals surface area contributed by atoms with Gasteiger partial charge in [-0.1, -0.05) is 22.9 Å². The van der Waals surface area contributed by atoms with Crippen molar-refractivity contribution in [3.05, 3.63) is 22.7 Å². The van der Waals surface area contributed by atoms with Crippen LogP contribution in [0.1, 0.15) is 19.8 Å². The summed E-state index contributed by atoms with van der Waals surface area (Å²) in [6.07, 6.45) is 1.82. The summed E-state index contributed by atoms with van der Waals surface area (Å²) >= 11 is 3.31. The quantitative estimate of drug-likeness (QED) is 0.844. The number of rotatable bonds is 3. The highest BCUT2D eigenvalue weighted by Crippen LogP contribution is 2.31. The molecule has 0 aliphatic carbocycles. The van der Waals surface area contributed by atoms with Gasteiger partial charge in [0.15, 0.2) is 0 Å². The van der Waals surface area contributed by atoms with Gasteiger partial charge in [-0.15, -0.1) is 0 Å². The van der Waals surface area contributed by atoms with Crippen LogP contribution >= 0.6 is 15.9 Å². The Hall–Kier alpha value is -0.590. The zero-order valence-corrected chi connectivity index (χ0v) is 13.5. The minimum absolute atomic E-state index is 0.235. The number of hydrogen-bond donors (Lipinski definition) is 0. The molecular weight excluding hydrogens is 330 g/mol. The van der Waals surface area contributed by atoms with Gasteiger partial charge in [0.2, 0.25) is 10.0 Å². The van der Waals surface area contributed by atoms with Gasteiger partial charge in [-0.25, -0.2) is 8.42 Å². The maximum absolute atomic E-state index is 12.7. The molecule has 0 atom stereocenters. The number of halogens is 1. The lowest BCUT2D eigenvalue weighted by molar-refractivity contribution is 0.287. The molecule has 1 fully saturated rings. The molecule has 1 aliphatic heterocycles. The normalized spacial score (nSPS) is 18.5. The third-order valence-electron chi connectivity index (χ3n) is 3.49. The molecule has 0 N–H and O–H groups in total. The van der Waals surface area contributed by atoms with E-state index < -0.39 is 10.0 Å². The summed E-state index contributed by atoms with van der Waals surface area (Å²) in [5.74, 6) is 0.984. The van der Waals surface area contributed by atoms with Gasteiger partial charge in [0.1, 0.15) is 10.6 Å². The van der Waals surface area contributed by atoms with Crippen molar-refractivity contribution in [2.45, 2.75) is 24.7 Å². The van der Waals surface area contributed by atoms with Crippen molar-refractivity contribution in [2.24, 2.45) is 5.92 Å². The fourth-order valence-electron chi connectivity index (χ4n) is 2.22. The Kier molecular flexibility index (Phi) is 4.53. The predicted molar refractivity (Wildman–Crippen MR) is 77.9 cm³/mol. The van der Waals surface area contributed by atoms with E-state index in [4.69, 9.17) is 4.74 Å². The van der Waals surface area contributed by atoms with Crippen molar-refractivity contribution in [1.29, 1.82) is 0 Å². The lowest BCUT2D eigenvalue weighted by Gasteiger charge is -2.29. The molecule has 1 saturated heterocycles. The van der Waals surface area contributed by atoms with Crippen LogP contribution in [0, 0.1) is 5.92 Å². The molecule has 0 unspecified atom stereocenters. The van der Waals surface area contributed by atoms with Crippen molar-refractivity contribution < 1.29 is 13.2 Å². The Balaban J connectivity index is 2.36. The molecule has 6 heteroatoms. The van der Waals surface area contributed by atoms with Gasteiger partial charge in [-0.3, -0.25) is 0 Å². The fourth-order valence-corrected chi connectivity index (χ4v) is 4.38. The zero-order valence-electron chi connectivity index (χ0n) is 11.1. The zero-order chi connectivity index (χ0) is 14.0. The molecule has 0 saturated carbocycles. The van der Waals surface area contributed by atoms with Crippen LogP contribution in [0.4, 0.5) is 0 Å². The monoisotopic (exact) mass is 347 g/mol. The van der Waals surface area contributed by atoms with Gasteiger partial charge in [0.25, 0.3) is 0 Å². The highest BCUT2D eigenvalue weighted by atomic mass is 79.9. The summed E-state index contributed by atoms with van der Waals surface area (Å²) in [7, 11) is -1.99. The van der Waals surface area contributed by atoms with Crippen LogP contribution in [-0.4, -0.2) is 32.9 Å². The number of hydrogen-bond acceptors (Lipinski definition) is 3. The Labute approximate surface area is 122 Å². The number of piperidine rings is 1. The Bertz CT molecular complexity index is 551. The summed E-state index contributed by atoms with van der Waals surface area (Å²) in [6, 6.07) is 5.05. The van der Waals surface area contributed by atoms with E-state index in [0.29, 0.717) is 24.8 Å². The number of ether oxygens (including phenoxy) is 1. The maximum atomic E-state index is 12.7. The SMILES string of the molecule is COc1ccc(Br)cc1S(=O)(=O)N1CCC(C)CC1. The van der Waals surface area contributed by atoms with Gasteiger partial charge in [0.05, 0.1) is 7.11 Å². The van der Waals surface area contributed by atoms with Gasteiger partial charge in [-0.2, -0.15) is 4.31 Å². The van der Waals surface area contributed by atoms with Crippen molar-refractivity contribution in [3.8, 4) is 5.75 Å². The molecule has 0 bridgehead atoms. The first-order valence-corrected chi connectivity index (χ1v) is 8.52. The van der Waals surface area contributed by atoms with E-state index in [2.05, 4.69) is 22.9 Å². The smallest absolute Gasteiger partial charge is 0.246 e. The molecule has 1 heterocycles. The number of sulfonamides is 1. The fraction of sp³-hybridized carbons (Fsp3) is 0.538. The molecule has 0 aromatic heterocycles. The average Bonchev–Trinajstić information content (AvgIpc) is 2.39. The average molecular weight is 348 g/mol. The van der Waals surface area contributed by atoms with E-state index in [1.807, 2.05) is 0 Å². The Morgan fingerprint density at radius 3 is 2.53 bits per heavy atom. The van der Waals surface area contributed by atoms with E-state index in [0.717, 1.165) is 17.3 Å². The first-order chi connectivity index (χ1) is 8.95. The third kappa shape index (κ3) is 3.12. The van der Waals surface area contributed by atoms with E-state index in [9.17, 15) is 8.42 Å². The standard InChI is InChI=1S/C13H18BrNO3S/c1-10-5-7-15(8-6-10)19(16,17)13-9-11(14)3-4-12(13)18-2/h3-4,9-10H,5-8H2,1-2H3. The number of nitrogens with zero attached hydrogens (tertiary/aromatic N) is 1. The second kappa shape index (κ2) is 5.81. The molecule has 2 rings (SSSR count). The van der Waals surface area contributed by atoms with Crippen molar-refractivity contribution >= 4 is 26.0 Å². The minimum Gasteiger partial charge on any atom is -0.495 e. The van der Waals surface area contributed by atoms with E-state index >= 15 is 0 Å². The highest BCUT2D eigenvalue weighted by Gasteiger charge is 2.30. The van der Waals surface area contributed by atoms with Gasteiger partial charge in [-0.05, 0) is 37.0 Å². The molecule has 106 valence electrons. The molecule has 0 amide bonds. The topological polar surface area (TPSA) is 46.6 Å². The van der Waals surface area contributed by atoms with E-state index in [-0.39, 0.29) is 4.90 Å². The van der Waals surface area contributed by atoms with Crippen molar-refractivity contribution in [1.82, 2.24) is 4.31 Å². The van der Waals surface area contributed by atoms with Crippen LogP contribution in [0.5, 0.6) is 5.75 Å². The number of methoxy groups -OCH3 is 1. The maximum Gasteiger partial charge on any atom is 0.246 e. The molecule has 0 spiro atoms. The van der Waals surface area contributed by atoms with Gasteiger partial charge < -0.3 is 4.74 Å². The summed E-state index contributed by atoms with van der Waals surface area (Å²) in [5, 5.41) is 0. The lowest BCUT2D eigenvalue weighted by atomic mass is 10.0. The van der Waals surface area contributed by atoms with E-state index in [1.165, 1.54) is 7.11 Å². The molecule has 19 heavy (non-hydrogen) atoms. The van der Waals surface area contributed by atoms with Gasteiger partial charge in [0, 0.05) is 17.6 Å². The van der Waals surface area contributed by atoms with Crippen LogP contribution in [0.2, 0.25) is 0 Å². The number of benzene rings is 1. The first kappa shape index (κ1) is 14.8.